The van der Waals surface area contributed by atoms with Gasteiger partial charge in [0.2, 0.25) is 0 Å². The van der Waals surface area contributed by atoms with Crippen molar-refractivity contribution in [3.8, 4) is 0 Å². The molecule has 94 valence electrons. The molecule has 1 aliphatic rings. The van der Waals surface area contributed by atoms with Crippen LogP contribution in [0.5, 0.6) is 0 Å². The molecule has 0 unspecified atom stereocenters. The fourth-order valence-corrected chi connectivity index (χ4v) is 1.98. The molecule has 0 atom stereocenters. The van der Waals surface area contributed by atoms with E-state index in [4.69, 9.17) is 0 Å². The normalized spacial score (nSPS) is 14.9. The summed E-state index contributed by atoms with van der Waals surface area (Å²) in [6.45, 7) is 3.76. The van der Waals surface area contributed by atoms with Gasteiger partial charge in [-0.3, -0.25) is 4.98 Å². The third-order valence-corrected chi connectivity index (χ3v) is 3.29. The molecule has 0 aliphatic heterocycles. The minimum atomic E-state index is 0.730. The summed E-state index contributed by atoms with van der Waals surface area (Å²) >= 11 is 0. The largest absolute Gasteiger partial charge is 0.331 e. The van der Waals surface area contributed by atoms with E-state index in [1.54, 1.807) is 0 Å². The maximum atomic E-state index is 4.41. The molecule has 3 rings (SSSR count). The van der Waals surface area contributed by atoms with Crippen LogP contribution in [0, 0.1) is 6.92 Å². The van der Waals surface area contributed by atoms with Gasteiger partial charge in [0.15, 0.2) is 0 Å². The zero-order valence-corrected chi connectivity index (χ0v) is 10.6. The van der Waals surface area contributed by atoms with Crippen molar-refractivity contribution in [2.75, 3.05) is 0 Å². The molecule has 0 amide bonds. The van der Waals surface area contributed by atoms with Crippen LogP contribution < -0.4 is 5.32 Å². The van der Waals surface area contributed by atoms with Crippen molar-refractivity contribution < 1.29 is 0 Å². The number of pyridine rings is 1. The predicted octanol–water partition coefficient (Wildman–Crippen LogP) is 1.89. The van der Waals surface area contributed by atoms with Crippen molar-refractivity contribution in [1.29, 1.82) is 0 Å². The van der Waals surface area contributed by atoms with Crippen LogP contribution in [0.4, 0.5) is 0 Å². The number of aryl methyl sites for hydroxylation is 1. The van der Waals surface area contributed by atoms with E-state index in [9.17, 15) is 0 Å². The van der Waals surface area contributed by atoms with E-state index >= 15 is 0 Å². The van der Waals surface area contributed by atoms with Crippen LogP contribution in [0.2, 0.25) is 0 Å². The van der Waals surface area contributed by atoms with Gasteiger partial charge in [-0.15, -0.1) is 0 Å². The molecule has 1 fully saturated rings. The van der Waals surface area contributed by atoms with E-state index in [0.717, 1.165) is 30.5 Å². The topological polar surface area (TPSA) is 42.7 Å². The second-order valence-electron chi connectivity index (χ2n) is 4.96. The van der Waals surface area contributed by atoms with Gasteiger partial charge >= 0.3 is 0 Å². The van der Waals surface area contributed by atoms with E-state index < -0.39 is 0 Å². The highest BCUT2D eigenvalue weighted by Gasteiger charge is 2.20. The fraction of sp³-hybridized carbons (Fsp3) is 0.429. The van der Waals surface area contributed by atoms with Gasteiger partial charge in [0.25, 0.3) is 0 Å². The van der Waals surface area contributed by atoms with Crippen molar-refractivity contribution in [3.05, 3.63) is 47.8 Å². The van der Waals surface area contributed by atoms with Crippen molar-refractivity contribution in [3.63, 3.8) is 0 Å². The Balaban J connectivity index is 1.63. The first-order valence-electron chi connectivity index (χ1n) is 6.46. The number of aromatic nitrogens is 3. The summed E-state index contributed by atoms with van der Waals surface area (Å²) in [6.07, 6.45) is 8.46. The van der Waals surface area contributed by atoms with Crippen molar-refractivity contribution in [1.82, 2.24) is 19.9 Å². The summed E-state index contributed by atoms with van der Waals surface area (Å²) < 4.78 is 2.10. The molecule has 0 bridgehead atoms. The number of hydrogen-bond donors (Lipinski definition) is 1. The third kappa shape index (κ3) is 2.76. The minimum absolute atomic E-state index is 0.730. The average Bonchev–Trinajstić information content (AvgIpc) is 3.10. The van der Waals surface area contributed by atoms with Crippen molar-refractivity contribution in [2.45, 2.75) is 38.9 Å². The van der Waals surface area contributed by atoms with Crippen LogP contribution in [0.15, 0.2) is 30.9 Å². The van der Waals surface area contributed by atoms with E-state index in [-0.39, 0.29) is 0 Å². The second kappa shape index (κ2) is 4.90. The SMILES string of the molecule is Cc1cccnc1Cn1cnc(CNC2CC2)c1. The molecule has 2 aromatic rings. The molecular formula is C14H18N4. The minimum Gasteiger partial charge on any atom is -0.331 e. The molecule has 2 heterocycles. The Labute approximate surface area is 107 Å². The van der Waals surface area contributed by atoms with Gasteiger partial charge in [-0.2, -0.15) is 0 Å². The maximum absolute atomic E-state index is 4.41. The Kier molecular flexibility index (Phi) is 3.11. The number of imidazole rings is 1. The van der Waals surface area contributed by atoms with Gasteiger partial charge in [-0.25, -0.2) is 4.98 Å². The van der Waals surface area contributed by atoms with E-state index in [2.05, 4.69) is 39.0 Å². The quantitative estimate of drug-likeness (QED) is 0.870. The summed E-state index contributed by atoms with van der Waals surface area (Å²) in [4.78, 5) is 8.82. The Morgan fingerprint density at radius 1 is 1.39 bits per heavy atom. The van der Waals surface area contributed by atoms with Crippen LogP contribution in [-0.4, -0.2) is 20.6 Å². The summed E-state index contributed by atoms with van der Waals surface area (Å²) in [6, 6.07) is 4.79. The van der Waals surface area contributed by atoms with Crippen molar-refractivity contribution >= 4 is 0 Å². The number of rotatable bonds is 5. The number of nitrogens with one attached hydrogen (secondary N) is 1. The van der Waals surface area contributed by atoms with Crippen LogP contribution in [0.1, 0.15) is 29.8 Å². The van der Waals surface area contributed by atoms with E-state index in [1.165, 1.54) is 18.4 Å². The average molecular weight is 242 g/mol. The molecular weight excluding hydrogens is 224 g/mol. The first-order chi connectivity index (χ1) is 8.81. The lowest BCUT2D eigenvalue weighted by atomic mass is 10.2. The van der Waals surface area contributed by atoms with E-state index in [0.29, 0.717) is 0 Å². The first-order valence-corrected chi connectivity index (χ1v) is 6.46. The summed E-state index contributed by atoms with van der Waals surface area (Å²) in [5, 5.41) is 3.47. The molecule has 1 saturated carbocycles. The van der Waals surface area contributed by atoms with Crippen LogP contribution in [0.3, 0.4) is 0 Å². The van der Waals surface area contributed by atoms with Gasteiger partial charge < -0.3 is 9.88 Å². The number of hydrogen-bond acceptors (Lipinski definition) is 3. The van der Waals surface area contributed by atoms with Gasteiger partial charge in [-0.1, -0.05) is 6.07 Å². The third-order valence-electron chi connectivity index (χ3n) is 3.29. The molecule has 2 aromatic heterocycles. The fourth-order valence-electron chi connectivity index (χ4n) is 1.98. The lowest BCUT2D eigenvalue weighted by molar-refractivity contribution is 0.675. The summed E-state index contributed by atoms with van der Waals surface area (Å²) in [5.74, 6) is 0. The lowest BCUT2D eigenvalue weighted by Crippen LogP contribution is -2.15. The Morgan fingerprint density at radius 3 is 3.06 bits per heavy atom. The Bertz CT molecular complexity index is 528. The molecule has 0 saturated heterocycles. The second-order valence-corrected chi connectivity index (χ2v) is 4.96. The zero-order chi connectivity index (χ0) is 12.4. The van der Waals surface area contributed by atoms with Crippen LogP contribution >= 0.6 is 0 Å². The van der Waals surface area contributed by atoms with Gasteiger partial charge in [0.1, 0.15) is 0 Å². The van der Waals surface area contributed by atoms with E-state index in [1.807, 2.05) is 18.6 Å². The highest BCUT2D eigenvalue weighted by Crippen LogP contribution is 2.19. The smallest absolute Gasteiger partial charge is 0.0953 e. The van der Waals surface area contributed by atoms with Gasteiger partial charge in [0, 0.05) is 25.0 Å². The molecule has 0 aromatic carbocycles. The number of nitrogens with zero attached hydrogens (tertiary/aromatic N) is 3. The van der Waals surface area contributed by atoms with Crippen molar-refractivity contribution in [2.24, 2.45) is 0 Å². The predicted molar refractivity (Wildman–Crippen MR) is 70.2 cm³/mol. The maximum Gasteiger partial charge on any atom is 0.0953 e. The highest BCUT2D eigenvalue weighted by atomic mass is 15.1. The molecule has 18 heavy (non-hydrogen) atoms. The summed E-state index contributed by atoms with van der Waals surface area (Å²) in [5.41, 5.74) is 3.44. The van der Waals surface area contributed by atoms with Crippen LogP contribution in [0.25, 0.3) is 0 Å². The van der Waals surface area contributed by atoms with Crippen LogP contribution in [-0.2, 0) is 13.1 Å². The molecule has 4 heteroatoms. The molecule has 1 N–H and O–H groups in total. The zero-order valence-electron chi connectivity index (χ0n) is 10.6. The Hall–Kier alpha value is -1.68. The Morgan fingerprint density at radius 2 is 2.28 bits per heavy atom. The van der Waals surface area contributed by atoms with Gasteiger partial charge in [-0.05, 0) is 31.4 Å². The molecule has 0 radical (unpaired) electrons. The summed E-state index contributed by atoms with van der Waals surface area (Å²) in [7, 11) is 0. The standard InChI is InChI=1S/C14H18N4/c1-11-3-2-6-15-14(11)9-18-8-13(17-10-18)7-16-12-4-5-12/h2-3,6,8,10,12,16H,4-5,7,9H2,1H3. The molecule has 0 spiro atoms. The highest BCUT2D eigenvalue weighted by molar-refractivity contribution is 5.18. The monoisotopic (exact) mass is 242 g/mol. The first kappa shape index (κ1) is 11.4. The lowest BCUT2D eigenvalue weighted by Gasteiger charge is -2.04. The van der Waals surface area contributed by atoms with Gasteiger partial charge in [0.05, 0.1) is 24.3 Å². The molecule has 4 nitrogen and oxygen atoms in total. The molecule has 1 aliphatic carbocycles.